The summed E-state index contributed by atoms with van der Waals surface area (Å²) in [7, 11) is 1.55. The van der Waals surface area contributed by atoms with E-state index < -0.39 is 5.97 Å². The minimum absolute atomic E-state index is 0.142. The number of esters is 1. The normalized spacial score (nSPS) is 17.8. The number of amides is 1. The van der Waals surface area contributed by atoms with E-state index in [1.165, 1.54) is 0 Å². The number of hydrogen-bond donors (Lipinski definition) is 1. The number of methoxy groups -OCH3 is 1. The van der Waals surface area contributed by atoms with Crippen LogP contribution in [0.5, 0.6) is 5.75 Å². The summed E-state index contributed by atoms with van der Waals surface area (Å²) in [5, 5.41) is 2.67. The van der Waals surface area contributed by atoms with Crippen molar-refractivity contribution in [3.8, 4) is 5.75 Å². The second-order valence-electron chi connectivity index (χ2n) is 5.97. The summed E-state index contributed by atoms with van der Waals surface area (Å²) < 4.78 is 21.0. The van der Waals surface area contributed by atoms with E-state index in [-0.39, 0.29) is 24.7 Å². The van der Waals surface area contributed by atoms with Crippen molar-refractivity contribution < 1.29 is 28.5 Å². The van der Waals surface area contributed by atoms with Gasteiger partial charge in [0.1, 0.15) is 12.4 Å². The Morgan fingerprint density at radius 2 is 2.08 bits per heavy atom. The molecular weight excluding hydrogens is 326 g/mol. The van der Waals surface area contributed by atoms with E-state index in [2.05, 4.69) is 5.32 Å². The lowest BCUT2D eigenvalue weighted by Gasteiger charge is -2.13. The van der Waals surface area contributed by atoms with Crippen molar-refractivity contribution in [1.82, 2.24) is 5.32 Å². The zero-order valence-corrected chi connectivity index (χ0v) is 14.7. The van der Waals surface area contributed by atoms with Crippen LogP contribution in [0, 0.1) is 0 Å². The van der Waals surface area contributed by atoms with Gasteiger partial charge in [0.2, 0.25) is 0 Å². The standard InChI is InChI=1S/C18H25NO6/c1-13(10-22-2)19-17(20)12-25-18(21)14-5-7-15(8-6-14)24-11-16-4-3-9-23-16/h5-8,13,16H,3-4,9-12H2,1-2H3,(H,19,20). The number of carbonyl (C=O) groups is 2. The first-order chi connectivity index (χ1) is 12.1. The zero-order valence-electron chi connectivity index (χ0n) is 14.7. The van der Waals surface area contributed by atoms with E-state index in [0.717, 1.165) is 19.4 Å². The SMILES string of the molecule is COCC(C)NC(=O)COC(=O)c1ccc(OCC2CCCO2)cc1. The van der Waals surface area contributed by atoms with Gasteiger partial charge in [-0.1, -0.05) is 0 Å². The van der Waals surface area contributed by atoms with E-state index in [1.807, 2.05) is 0 Å². The summed E-state index contributed by atoms with van der Waals surface area (Å²) >= 11 is 0. The Bertz CT molecular complexity index is 553. The third-order valence-corrected chi connectivity index (χ3v) is 3.71. The summed E-state index contributed by atoms with van der Waals surface area (Å²) in [4.78, 5) is 23.6. The quantitative estimate of drug-likeness (QED) is 0.680. The Balaban J connectivity index is 1.72. The lowest BCUT2D eigenvalue weighted by atomic mass is 10.2. The van der Waals surface area contributed by atoms with E-state index in [9.17, 15) is 9.59 Å². The van der Waals surface area contributed by atoms with Gasteiger partial charge in [0, 0.05) is 19.8 Å². The molecule has 1 aliphatic rings. The lowest BCUT2D eigenvalue weighted by Crippen LogP contribution is -2.38. The minimum atomic E-state index is -0.555. The third-order valence-electron chi connectivity index (χ3n) is 3.71. The topological polar surface area (TPSA) is 83.1 Å². The molecule has 7 nitrogen and oxygen atoms in total. The molecule has 2 unspecified atom stereocenters. The smallest absolute Gasteiger partial charge is 0.338 e. The molecule has 1 N–H and O–H groups in total. The second-order valence-corrected chi connectivity index (χ2v) is 5.97. The van der Waals surface area contributed by atoms with Gasteiger partial charge in [-0.3, -0.25) is 4.79 Å². The highest BCUT2D eigenvalue weighted by molar-refractivity contribution is 5.91. The van der Waals surface area contributed by atoms with Crippen LogP contribution in [0.1, 0.15) is 30.1 Å². The van der Waals surface area contributed by atoms with Crippen molar-refractivity contribution in [3.63, 3.8) is 0 Å². The van der Waals surface area contributed by atoms with Gasteiger partial charge in [-0.25, -0.2) is 4.79 Å². The van der Waals surface area contributed by atoms with Crippen LogP contribution in [-0.2, 0) is 19.0 Å². The molecule has 25 heavy (non-hydrogen) atoms. The number of carbonyl (C=O) groups excluding carboxylic acids is 2. The van der Waals surface area contributed by atoms with Gasteiger partial charge < -0.3 is 24.3 Å². The van der Waals surface area contributed by atoms with E-state index in [4.69, 9.17) is 18.9 Å². The number of benzene rings is 1. The van der Waals surface area contributed by atoms with Crippen molar-refractivity contribution in [1.29, 1.82) is 0 Å². The van der Waals surface area contributed by atoms with Gasteiger partial charge in [-0.15, -0.1) is 0 Å². The zero-order chi connectivity index (χ0) is 18.1. The van der Waals surface area contributed by atoms with Crippen molar-refractivity contribution in [2.24, 2.45) is 0 Å². The molecule has 0 spiro atoms. The maximum absolute atomic E-state index is 12.0. The molecule has 2 atom stereocenters. The molecule has 138 valence electrons. The summed E-state index contributed by atoms with van der Waals surface area (Å²) in [6, 6.07) is 6.48. The Kier molecular flexibility index (Phi) is 7.69. The number of hydrogen-bond acceptors (Lipinski definition) is 6. The van der Waals surface area contributed by atoms with E-state index in [0.29, 0.717) is 24.5 Å². The molecule has 1 heterocycles. The van der Waals surface area contributed by atoms with E-state index >= 15 is 0 Å². The highest BCUT2D eigenvalue weighted by Gasteiger charge is 2.16. The largest absolute Gasteiger partial charge is 0.491 e. The maximum atomic E-state index is 12.0. The first kappa shape index (κ1) is 19.2. The second kappa shape index (κ2) is 10.0. The predicted molar refractivity (Wildman–Crippen MR) is 90.7 cm³/mol. The van der Waals surface area contributed by atoms with Crippen molar-refractivity contribution in [2.45, 2.75) is 31.9 Å². The molecule has 0 bridgehead atoms. The van der Waals surface area contributed by atoms with Crippen LogP contribution in [0.3, 0.4) is 0 Å². The monoisotopic (exact) mass is 351 g/mol. The first-order valence-electron chi connectivity index (χ1n) is 8.38. The summed E-state index contributed by atoms with van der Waals surface area (Å²) in [5.41, 5.74) is 0.363. The summed E-state index contributed by atoms with van der Waals surface area (Å²) in [6.45, 7) is 3.16. The van der Waals surface area contributed by atoms with Gasteiger partial charge in [0.15, 0.2) is 6.61 Å². The van der Waals surface area contributed by atoms with Gasteiger partial charge in [-0.2, -0.15) is 0 Å². The molecule has 1 amide bonds. The lowest BCUT2D eigenvalue weighted by molar-refractivity contribution is -0.125. The average Bonchev–Trinajstić information content (AvgIpc) is 3.12. The van der Waals surface area contributed by atoms with Crippen LogP contribution in [0.15, 0.2) is 24.3 Å². The molecule has 2 rings (SSSR count). The Labute approximate surface area is 147 Å². The van der Waals surface area contributed by atoms with Crippen LogP contribution < -0.4 is 10.1 Å². The minimum Gasteiger partial charge on any atom is -0.491 e. The fraction of sp³-hybridized carbons (Fsp3) is 0.556. The molecule has 1 saturated heterocycles. The van der Waals surface area contributed by atoms with Crippen LogP contribution in [0.4, 0.5) is 0 Å². The molecule has 0 radical (unpaired) electrons. The van der Waals surface area contributed by atoms with Crippen LogP contribution in [0.25, 0.3) is 0 Å². The maximum Gasteiger partial charge on any atom is 0.338 e. The Morgan fingerprint density at radius 3 is 2.72 bits per heavy atom. The molecule has 0 saturated carbocycles. The molecule has 1 aromatic rings. The number of nitrogens with one attached hydrogen (secondary N) is 1. The Morgan fingerprint density at radius 1 is 1.32 bits per heavy atom. The average molecular weight is 351 g/mol. The first-order valence-corrected chi connectivity index (χ1v) is 8.38. The fourth-order valence-electron chi connectivity index (χ4n) is 2.47. The van der Waals surface area contributed by atoms with Gasteiger partial charge >= 0.3 is 5.97 Å². The van der Waals surface area contributed by atoms with Gasteiger partial charge in [-0.05, 0) is 44.0 Å². The highest BCUT2D eigenvalue weighted by Crippen LogP contribution is 2.17. The number of rotatable bonds is 9. The van der Waals surface area contributed by atoms with Crippen LogP contribution in [0.2, 0.25) is 0 Å². The third kappa shape index (κ3) is 6.72. The van der Waals surface area contributed by atoms with Crippen molar-refractivity contribution >= 4 is 11.9 Å². The predicted octanol–water partition coefficient (Wildman–Crippen LogP) is 1.55. The van der Waals surface area contributed by atoms with E-state index in [1.54, 1.807) is 38.3 Å². The summed E-state index contributed by atoms with van der Waals surface area (Å²) in [5.74, 6) is -0.257. The molecular formula is C18H25NO6. The highest BCUT2D eigenvalue weighted by atomic mass is 16.5. The van der Waals surface area contributed by atoms with Gasteiger partial charge in [0.05, 0.1) is 18.3 Å². The Hall–Kier alpha value is -2.12. The molecule has 0 aliphatic carbocycles. The summed E-state index contributed by atoms with van der Waals surface area (Å²) in [6.07, 6.45) is 2.22. The number of ether oxygens (including phenoxy) is 4. The van der Waals surface area contributed by atoms with Gasteiger partial charge in [0.25, 0.3) is 5.91 Å². The van der Waals surface area contributed by atoms with Crippen LogP contribution in [-0.4, -0.2) is 57.6 Å². The molecule has 0 aromatic heterocycles. The fourth-order valence-corrected chi connectivity index (χ4v) is 2.47. The molecule has 1 aliphatic heterocycles. The van der Waals surface area contributed by atoms with Crippen LogP contribution >= 0.6 is 0 Å². The molecule has 7 heteroatoms. The van der Waals surface area contributed by atoms with Crippen molar-refractivity contribution in [2.75, 3.05) is 33.5 Å². The van der Waals surface area contributed by atoms with Crippen molar-refractivity contribution in [3.05, 3.63) is 29.8 Å². The molecule has 1 aromatic carbocycles. The molecule has 1 fully saturated rings.